The van der Waals surface area contributed by atoms with Crippen LogP contribution in [0.2, 0.25) is 0 Å². The van der Waals surface area contributed by atoms with E-state index in [1.165, 1.54) is 17.6 Å². The Morgan fingerprint density at radius 3 is 2.67 bits per heavy atom. The number of rotatable bonds is 2. The van der Waals surface area contributed by atoms with E-state index in [1.807, 2.05) is 0 Å². The molecule has 2 aliphatic rings. The van der Waals surface area contributed by atoms with E-state index < -0.39 is 0 Å². The van der Waals surface area contributed by atoms with Crippen LogP contribution in [0.15, 0.2) is 35.6 Å². The van der Waals surface area contributed by atoms with Crippen LogP contribution in [-0.4, -0.2) is 11.6 Å². The van der Waals surface area contributed by atoms with Gasteiger partial charge in [-0.2, -0.15) is 0 Å². The fourth-order valence-corrected chi connectivity index (χ4v) is 3.11. The first-order valence-corrected chi connectivity index (χ1v) is 6.82. The zero-order valence-electron chi connectivity index (χ0n) is 12.0. The average molecular weight is 247 g/mol. The second-order valence-corrected chi connectivity index (χ2v) is 6.52. The number of hydrogen-bond acceptors (Lipinski definition) is 2. The van der Waals surface area contributed by atoms with Crippen LogP contribution < -0.4 is 5.73 Å². The van der Waals surface area contributed by atoms with E-state index in [1.54, 1.807) is 0 Å². The lowest BCUT2D eigenvalue weighted by molar-refractivity contribution is 0.0585. The third-order valence-corrected chi connectivity index (χ3v) is 3.97. The van der Waals surface area contributed by atoms with Crippen molar-refractivity contribution < 1.29 is 4.74 Å². The molecule has 0 aromatic carbocycles. The minimum Gasteiger partial charge on any atom is -0.488 e. The van der Waals surface area contributed by atoms with Crippen LogP contribution in [-0.2, 0) is 4.74 Å². The highest BCUT2D eigenvalue weighted by molar-refractivity contribution is 5.43. The fourth-order valence-electron chi connectivity index (χ4n) is 3.11. The second kappa shape index (κ2) is 4.58. The highest BCUT2D eigenvalue weighted by atomic mass is 16.5. The van der Waals surface area contributed by atoms with Crippen LogP contribution in [0.3, 0.4) is 0 Å². The molecule has 0 radical (unpaired) electrons. The molecule has 2 unspecified atom stereocenters. The number of allylic oxidation sites excluding steroid dienone is 2. The van der Waals surface area contributed by atoms with Gasteiger partial charge in [-0.25, -0.2) is 0 Å². The summed E-state index contributed by atoms with van der Waals surface area (Å²) < 4.78 is 5.89. The van der Waals surface area contributed by atoms with Gasteiger partial charge in [-0.3, -0.25) is 0 Å². The SMILES string of the molecule is C=C(OC(C)(C)C)C1=C(C)C2CC[C@H](N)C2C=C1. The summed E-state index contributed by atoms with van der Waals surface area (Å²) in [5.41, 5.74) is 8.51. The Kier molecular flexibility index (Phi) is 3.41. The Balaban J connectivity index is 2.20. The van der Waals surface area contributed by atoms with Crippen molar-refractivity contribution in [1.29, 1.82) is 0 Å². The lowest BCUT2D eigenvalue weighted by Crippen LogP contribution is -2.28. The Morgan fingerprint density at radius 1 is 1.39 bits per heavy atom. The first-order chi connectivity index (χ1) is 8.29. The molecule has 2 rings (SSSR count). The predicted molar refractivity (Wildman–Crippen MR) is 76.0 cm³/mol. The zero-order chi connectivity index (χ0) is 13.5. The van der Waals surface area contributed by atoms with Gasteiger partial charge in [-0.15, -0.1) is 0 Å². The molecule has 2 N–H and O–H groups in total. The quantitative estimate of drug-likeness (QED) is 0.757. The van der Waals surface area contributed by atoms with E-state index in [0.29, 0.717) is 17.9 Å². The molecular formula is C16H25NO. The molecule has 0 heterocycles. The molecule has 0 saturated heterocycles. The Labute approximate surface area is 111 Å². The van der Waals surface area contributed by atoms with Gasteiger partial charge in [0.25, 0.3) is 0 Å². The van der Waals surface area contributed by atoms with Crippen molar-refractivity contribution in [3.8, 4) is 0 Å². The number of fused-ring (bicyclic) bond motifs is 1. The molecule has 3 atom stereocenters. The molecule has 1 fully saturated rings. The van der Waals surface area contributed by atoms with Crippen LogP contribution in [0.25, 0.3) is 0 Å². The highest BCUT2D eigenvalue weighted by Crippen LogP contribution is 2.42. The Morgan fingerprint density at radius 2 is 2.06 bits per heavy atom. The second-order valence-electron chi connectivity index (χ2n) is 6.52. The molecule has 1 saturated carbocycles. The molecule has 0 aliphatic heterocycles. The van der Waals surface area contributed by atoms with Crippen LogP contribution >= 0.6 is 0 Å². The van der Waals surface area contributed by atoms with Gasteiger partial charge in [0, 0.05) is 11.6 Å². The van der Waals surface area contributed by atoms with Crippen molar-refractivity contribution in [3.05, 3.63) is 35.6 Å². The maximum Gasteiger partial charge on any atom is 0.120 e. The van der Waals surface area contributed by atoms with Crippen molar-refractivity contribution >= 4 is 0 Å². The van der Waals surface area contributed by atoms with Gasteiger partial charge in [0.15, 0.2) is 0 Å². The molecule has 0 amide bonds. The topological polar surface area (TPSA) is 35.2 Å². The molecule has 2 heteroatoms. The van der Waals surface area contributed by atoms with Crippen molar-refractivity contribution in [2.75, 3.05) is 0 Å². The maximum atomic E-state index is 6.15. The van der Waals surface area contributed by atoms with Gasteiger partial charge in [0.1, 0.15) is 11.4 Å². The summed E-state index contributed by atoms with van der Waals surface area (Å²) >= 11 is 0. The van der Waals surface area contributed by atoms with Crippen molar-refractivity contribution in [3.63, 3.8) is 0 Å². The van der Waals surface area contributed by atoms with E-state index in [0.717, 1.165) is 12.2 Å². The van der Waals surface area contributed by atoms with Crippen molar-refractivity contribution in [2.24, 2.45) is 17.6 Å². The Hall–Kier alpha value is -1.02. The largest absolute Gasteiger partial charge is 0.488 e. The molecule has 100 valence electrons. The minimum atomic E-state index is -0.193. The van der Waals surface area contributed by atoms with Crippen LogP contribution in [0.1, 0.15) is 40.5 Å². The fraction of sp³-hybridized carbons (Fsp3) is 0.625. The van der Waals surface area contributed by atoms with Gasteiger partial charge < -0.3 is 10.5 Å². The van der Waals surface area contributed by atoms with Gasteiger partial charge in [-0.1, -0.05) is 24.3 Å². The summed E-state index contributed by atoms with van der Waals surface area (Å²) in [7, 11) is 0. The van der Waals surface area contributed by atoms with E-state index in [2.05, 4.69) is 46.4 Å². The summed E-state index contributed by atoms with van der Waals surface area (Å²) in [5, 5.41) is 0. The van der Waals surface area contributed by atoms with E-state index in [-0.39, 0.29) is 5.60 Å². The van der Waals surface area contributed by atoms with Crippen LogP contribution in [0.4, 0.5) is 0 Å². The smallest absolute Gasteiger partial charge is 0.120 e. The zero-order valence-corrected chi connectivity index (χ0v) is 12.0. The van der Waals surface area contributed by atoms with Gasteiger partial charge in [0.05, 0.1) is 0 Å². The van der Waals surface area contributed by atoms with Crippen LogP contribution in [0, 0.1) is 11.8 Å². The average Bonchev–Trinajstić information content (AvgIpc) is 2.59. The summed E-state index contributed by atoms with van der Waals surface area (Å²) in [6.45, 7) is 12.4. The highest BCUT2D eigenvalue weighted by Gasteiger charge is 2.36. The summed E-state index contributed by atoms with van der Waals surface area (Å²) in [6, 6.07) is 0.319. The van der Waals surface area contributed by atoms with E-state index in [4.69, 9.17) is 10.5 Å². The van der Waals surface area contributed by atoms with Gasteiger partial charge in [-0.05, 0) is 52.4 Å². The minimum absolute atomic E-state index is 0.193. The first kappa shape index (κ1) is 13.4. The molecule has 0 aromatic heterocycles. The predicted octanol–water partition coefficient (Wildman–Crippen LogP) is 3.56. The molecule has 0 bridgehead atoms. The molecule has 0 aromatic rings. The summed E-state index contributed by atoms with van der Waals surface area (Å²) in [6.07, 6.45) is 6.71. The number of ether oxygens (including phenoxy) is 1. The lowest BCUT2D eigenvalue weighted by Gasteiger charge is -2.30. The molecule has 2 nitrogen and oxygen atoms in total. The first-order valence-electron chi connectivity index (χ1n) is 6.82. The normalized spacial score (nSPS) is 31.5. The molecule has 2 aliphatic carbocycles. The van der Waals surface area contributed by atoms with Gasteiger partial charge >= 0.3 is 0 Å². The summed E-state index contributed by atoms with van der Waals surface area (Å²) in [4.78, 5) is 0. The van der Waals surface area contributed by atoms with E-state index in [9.17, 15) is 0 Å². The molecule has 18 heavy (non-hydrogen) atoms. The number of hydrogen-bond donors (Lipinski definition) is 1. The van der Waals surface area contributed by atoms with E-state index >= 15 is 0 Å². The lowest BCUT2D eigenvalue weighted by atomic mass is 9.80. The van der Waals surface area contributed by atoms with Gasteiger partial charge in [0.2, 0.25) is 0 Å². The van der Waals surface area contributed by atoms with Crippen molar-refractivity contribution in [1.82, 2.24) is 0 Å². The maximum absolute atomic E-state index is 6.15. The van der Waals surface area contributed by atoms with Crippen molar-refractivity contribution in [2.45, 2.75) is 52.2 Å². The standard InChI is InChI=1S/C16H25NO/c1-10-12(11(2)18-16(3,4)5)6-7-14-13(10)8-9-15(14)17/h6-7,13-15H,2,8-9,17H2,1,3-5H3/t13?,14?,15-/m0/s1. The third kappa shape index (κ3) is 2.54. The molecular weight excluding hydrogens is 222 g/mol. The number of nitrogens with two attached hydrogens (primary N) is 1. The Bertz CT molecular complexity index is 411. The monoisotopic (exact) mass is 247 g/mol. The summed E-state index contributed by atoms with van der Waals surface area (Å²) in [5.74, 6) is 1.88. The third-order valence-electron chi connectivity index (χ3n) is 3.97. The molecule has 0 spiro atoms. The van der Waals surface area contributed by atoms with Crippen LogP contribution in [0.5, 0.6) is 0 Å².